The molecule has 1 unspecified atom stereocenters. The number of ether oxygens (including phenoxy) is 2. The number of carbonyl (C=O) groups is 2. The Morgan fingerprint density at radius 2 is 2.04 bits per heavy atom. The van der Waals surface area contributed by atoms with Crippen molar-refractivity contribution in [2.75, 3.05) is 39.2 Å². The van der Waals surface area contributed by atoms with E-state index in [4.69, 9.17) is 9.47 Å². The molecule has 7 heteroatoms. The van der Waals surface area contributed by atoms with Crippen LogP contribution in [0.3, 0.4) is 0 Å². The van der Waals surface area contributed by atoms with E-state index in [0.29, 0.717) is 18.0 Å². The van der Waals surface area contributed by atoms with Crippen molar-refractivity contribution in [2.24, 2.45) is 0 Å². The fourth-order valence-corrected chi connectivity index (χ4v) is 3.22. The topological polar surface area (TPSA) is 71.1 Å². The number of hydrogen-bond acceptors (Lipinski definition) is 5. The summed E-state index contributed by atoms with van der Waals surface area (Å²) >= 11 is 0. The van der Waals surface area contributed by atoms with Crippen LogP contribution < -0.4 is 19.7 Å². The lowest BCUT2D eigenvalue weighted by molar-refractivity contribution is -0.128. The number of para-hydroxylation sites is 2. The number of hydrogen-bond donors (Lipinski definition) is 1. The fraction of sp³-hybridized carbons (Fsp3) is 0.333. The smallest absolute Gasteiger partial charge is 0.262 e. The molecule has 1 aliphatic heterocycles. The first-order chi connectivity index (χ1) is 13.5. The molecule has 0 fully saturated rings. The van der Waals surface area contributed by atoms with Crippen molar-refractivity contribution in [1.82, 2.24) is 10.2 Å². The van der Waals surface area contributed by atoms with Crippen LogP contribution in [0, 0.1) is 0 Å². The predicted molar refractivity (Wildman–Crippen MR) is 107 cm³/mol. The van der Waals surface area contributed by atoms with E-state index in [2.05, 4.69) is 5.32 Å². The van der Waals surface area contributed by atoms with Crippen molar-refractivity contribution in [3.63, 3.8) is 0 Å². The number of amides is 2. The fourth-order valence-electron chi connectivity index (χ4n) is 3.22. The molecule has 2 aromatic rings. The van der Waals surface area contributed by atoms with Gasteiger partial charge in [0.1, 0.15) is 11.5 Å². The van der Waals surface area contributed by atoms with Crippen LogP contribution in [0.5, 0.6) is 11.5 Å². The number of nitrogens with one attached hydrogen (secondary N) is 1. The Balaban J connectivity index is 1.72. The van der Waals surface area contributed by atoms with Gasteiger partial charge >= 0.3 is 0 Å². The molecule has 28 heavy (non-hydrogen) atoms. The first kappa shape index (κ1) is 19.7. The van der Waals surface area contributed by atoms with Crippen LogP contribution in [-0.2, 0) is 16.1 Å². The van der Waals surface area contributed by atoms with Gasteiger partial charge in [0.05, 0.1) is 25.9 Å². The molecule has 148 valence electrons. The minimum absolute atomic E-state index is 0.0879. The summed E-state index contributed by atoms with van der Waals surface area (Å²) in [6, 6.07) is 15.0. The molecule has 3 rings (SSSR count). The number of methoxy groups -OCH3 is 1. The van der Waals surface area contributed by atoms with Gasteiger partial charge < -0.3 is 19.7 Å². The lowest BCUT2D eigenvalue weighted by Crippen LogP contribution is -2.51. The van der Waals surface area contributed by atoms with Gasteiger partial charge in [0, 0.05) is 13.6 Å². The number of benzene rings is 2. The Morgan fingerprint density at radius 1 is 1.25 bits per heavy atom. The zero-order chi connectivity index (χ0) is 20.1. The average molecular weight is 383 g/mol. The molecule has 1 aliphatic rings. The summed E-state index contributed by atoms with van der Waals surface area (Å²) in [5.74, 6) is 0.978. The molecule has 0 saturated heterocycles. The summed E-state index contributed by atoms with van der Waals surface area (Å²) in [6.07, 6.45) is -0.729. The Kier molecular flexibility index (Phi) is 6.16. The summed E-state index contributed by atoms with van der Waals surface area (Å²) in [5, 5.41) is 2.59. The van der Waals surface area contributed by atoms with Gasteiger partial charge in [0.25, 0.3) is 5.91 Å². The maximum atomic E-state index is 13.0. The van der Waals surface area contributed by atoms with Gasteiger partial charge in [-0.25, -0.2) is 0 Å². The van der Waals surface area contributed by atoms with E-state index >= 15 is 0 Å². The van der Waals surface area contributed by atoms with Crippen molar-refractivity contribution < 1.29 is 19.1 Å². The lowest BCUT2D eigenvalue weighted by Gasteiger charge is -2.34. The number of anilines is 1. The quantitative estimate of drug-likeness (QED) is 0.822. The van der Waals surface area contributed by atoms with Crippen LogP contribution in [0.4, 0.5) is 5.69 Å². The second-order valence-electron chi connectivity index (χ2n) is 6.72. The van der Waals surface area contributed by atoms with Crippen molar-refractivity contribution in [1.29, 1.82) is 0 Å². The maximum absolute atomic E-state index is 13.0. The Hall–Kier alpha value is -3.06. The highest BCUT2D eigenvalue weighted by Crippen LogP contribution is 2.33. The SMILES string of the molecule is CNC(=O)C1CN(C(=O)CN(C)Cc2cccc(OC)c2)c2ccccc2O1. The monoisotopic (exact) mass is 383 g/mol. The first-order valence-corrected chi connectivity index (χ1v) is 9.11. The molecular formula is C21H25N3O4. The zero-order valence-electron chi connectivity index (χ0n) is 16.3. The minimum atomic E-state index is -0.729. The predicted octanol–water partition coefficient (Wildman–Crippen LogP) is 1.67. The lowest BCUT2D eigenvalue weighted by atomic mass is 10.1. The van der Waals surface area contributed by atoms with Gasteiger partial charge in [0.15, 0.2) is 6.10 Å². The van der Waals surface area contributed by atoms with Crippen molar-refractivity contribution in [3.8, 4) is 11.5 Å². The third kappa shape index (κ3) is 4.43. The summed E-state index contributed by atoms with van der Waals surface area (Å²) in [7, 11) is 5.07. The van der Waals surface area contributed by atoms with Crippen LogP contribution in [0.15, 0.2) is 48.5 Å². The highest BCUT2D eigenvalue weighted by atomic mass is 16.5. The van der Waals surface area contributed by atoms with E-state index in [0.717, 1.165) is 11.3 Å². The van der Waals surface area contributed by atoms with Gasteiger partial charge in [-0.05, 0) is 36.9 Å². The standard InChI is InChI=1S/C21H25N3O4/c1-22-21(26)19-13-24(17-9-4-5-10-18(17)28-19)20(25)14-23(2)12-15-7-6-8-16(11-15)27-3/h4-11,19H,12-14H2,1-3H3,(H,22,26). The number of likely N-dealkylation sites (N-methyl/N-ethyl adjacent to an activating group) is 2. The normalized spacial score (nSPS) is 15.6. The third-order valence-corrected chi connectivity index (χ3v) is 4.61. The van der Waals surface area contributed by atoms with Crippen LogP contribution in [0.2, 0.25) is 0 Å². The molecule has 1 heterocycles. The van der Waals surface area contributed by atoms with E-state index < -0.39 is 6.10 Å². The van der Waals surface area contributed by atoms with Gasteiger partial charge in [-0.1, -0.05) is 24.3 Å². The minimum Gasteiger partial charge on any atom is -0.497 e. The summed E-state index contributed by atoms with van der Waals surface area (Å²) < 4.78 is 11.0. The molecule has 0 aliphatic carbocycles. The van der Waals surface area contributed by atoms with Crippen LogP contribution in [0.25, 0.3) is 0 Å². The van der Waals surface area contributed by atoms with Crippen LogP contribution in [-0.4, -0.2) is 57.1 Å². The number of fused-ring (bicyclic) bond motifs is 1. The van der Waals surface area contributed by atoms with Crippen LogP contribution >= 0.6 is 0 Å². The molecule has 0 spiro atoms. The zero-order valence-corrected chi connectivity index (χ0v) is 16.3. The third-order valence-electron chi connectivity index (χ3n) is 4.61. The summed E-state index contributed by atoms with van der Waals surface area (Å²) in [6.45, 7) is 1.00. The molecule has 1 atom stereocenters. The van der Waals surface area contributed by atoms with E-state index in [1.807, 2.05) is 54.4 Å². The number of carbonyl (C=O) groups excluding carboxylic acids is 2. The van der Waals surface area contributed by atoms with E-state index in [1.54, 1.807) is 25.1 Å². The van der Waals surface area contributed by atoms with Gasteiger partial charge in [0.2, 0.25) is 5.91 Å². The second kappa shape index (κ2) is 8.75. The van der Waals surface area contributed by atoms with E-state index in [1.165, 1.54) is 0 Å². The number of nitrogens with zero attached hydrogens (tertiary/aromatic N) is 2. The van der Waals surface area contributed by atoms with Crippen molar-refractivity contribution >= 4 is 17.5 Å². The van der Waals surface area contributed by atoms with E-state index in [9.17, 15) is 9.59 Å². The summed E-state index contributed by atoms with van der Waals surface area (Å²) in [5.41, 5.74) is 1.74. The molecule has 2 amide bonds. The first-order valence-electron chi connectivity index (χ1n) is 9.11. The van der Waals surface area contributed by atoms with Gasteiger partial charge in [-0.15, -0.1) is 0 Å². The van der Waals surface area contributed by atoms with Crippen molar-refractivity contribution in [3.05, 3.63) is 54.1 Å². The molecule has 7 nitrogen and oxygen atoms in total. The van der Waals surface area contributed by atoms with Gasteiger partial charge in [-0.3, -0.25) is 14.5 Å². The Labute approximate surface area is 164 Å². The van der Waals surface area contributed by atoms with Crippen molar-refractivity contribution in [2.45, 2.75) is 12.6 Å². The summed E-state index contributed by atoms with van der Waals surface area (Å²) in [4.78, 5) is 28.6. The molecule has 2 aromatic carbocycles. The van der Waals surface area contributed by atoms with E-state index in [-0.39, 0.29) is 24.9 Å². The molecule has 1 N–H and O–H groups in total. The molecular weight excluding hydrogens is 358 g/mol. The molecule has 0 bridgehead atoms. The Bertz CT molecular complexity index is 855. The molecule has 0 saturated carbocycles. The number of rotatable bonds is 6. The van der Waals surface area contributed by atoms with Gasteiger partial charge in [-0.2, -0.15) is 0 Å². The highest BCUT2D eigenvalue weighted by Gasteiger charge is 2.33. The second-order valence-corrected chi connectivity index (χ2v) is 6.72. The average Bonchev–Trinajstić information content (AvgIpc) is 2.72. The highest BCUT2D eigenvalue weighted by molar-refractivity contribution is 5.98. The molecule has 0 radical (unpaired) electrons. The van der Waals surface area contributed by atoms with Crippen LogP contribution in [0.1, 0.15) is 5.56 Å². The largest absolute Gasteiger partial charge is 0.497 e. The maximum Gasteiger partial charge on any atom is 0.262 e. The molecule has 0 aromatic heterocycles. The Morgan fingerprint density at radius 3 is 2.79 bits per heavy atom.